The maximum Gasteiger partial charge on any atom is 0.338 e. The maximum absolute atomic E-state index is 13.5. The lowest BCUT2D eigenvalue weighted by Gasteiger charge is -2.24. The molecule has 0 bridgehead atoms. The number of allylic oxidation sites excluding steroid dienone is 1. The van der Waals surface area contributed by atoms with Gasteiger partial charge in [0.05, 0.1) is 36.1 Å². The van der Waals surface area contributed by atoms with Crippen molar-refractivity contribution in [1.82, 2.24) is 4.57 Å². The minimum Gasteiger partial charge on any atom is -0.496 e. The fourth-order valence-corrected chi connectivity index (χ4v) is 4.74. The van der Waals surface area contributed by atoms with Gasteiger partial charge in [0, 0.05) is 10.6 Å². The molecule has 8 heteroatoms. The van der Waals surface area contributed by atoms with Gasteiger partial charge >= 0.3 is 5.97 Å². The average Bonchev–Trinajstić information content (AvgIpc) is 3.08. The van der Waals surface area contributed by atoms with E-state index in [2.05, 4.69) is 4.99 Å². The Hall–Kier alpha value is -3.16. The Bertz CT molecular complexity index is 1370. The highest BCUT2D eigenvalue weighted by molar-refractivity contribution is 7.07. The van der Waals surface area contributed by atoms with E-state index in [9.17, 15) is 9.59 Å². The van der Waals surface area contributed by atoms with Crippen molar-refractivity contribution in [2.45, 2.75) is 13.0 Å². The number of methoxy groups -OCH3 is 2. The zero-order valence-electron chi connectivity index (χ0n) is 17.1. The molecule has 0 radical (unpaired) electrons. The van der Waals surface area contributed by atoms with E-state index in [1.54, 1.807) is 44.4 Å². The molecule has 3 aromatic rings. The number of benzene rings is 2. The van der Waals surface area contributed by atoms with E-state index >= 15 is 0 Å². The molecule has 2 heterocycles. The second kappa shape index (κ2) is 8.53. The molecule has 31 heavy (non-hydrogen) atoms. The fourth-order valence-electron chi connectivity index (χ4n) is 3.58. The minimum absolute atomic E-state index is 0.247. The Labute approximate surface area is 187 Å². The summed E-state index contributed by atoms with van der Waals surface area (Å²) in [5.74, 6) is 0.134. The predicted octanol–water partition coefficient (Wildman–Crippen LogP) is 3.07. The molecule has 4 rings (SSSR count). The molecule has 158 valence electrons. The minimum atomic E-state index is -0.666. The molecule has 0 fully saturated rings. The Morgan fingerprint density at radius 3 is 2.55 bits per heavy atom. The largest absolute Gasteiger partial charge is 0.496 e. The number of thiazole rings is 1. The third-order valence-corrected chi connectivity index (χ3v) is 6.27. The number of rotatable bonds is 4. The van der Waals surface area contributed by atoms with Crippen LogP contribution in [-0.4, -0.2) is 24.8 Å². The number of halogens is 1. The highest BCUT2D eigenvalue weighted by Gasteiger charge is 2.33. The highest BCUT2D eigenvalue weighted by Crippen LogP contribution is 2.31. The lowest BCUT2D eigenvalue weighted by Crippen LogP contribution is -2.39. The molecule has 0 saturated heterocycles. The van der Waals surface area contributed by atoms with Crippen LogP contribution in [0.4, 0.5) is 0 Å². The highest BCUT2D eigenvalue weighted by atomic mass is 35.5. The number of carbonyl (C=O) groups excluding carboxylic acids is 1. The summed E-state index contributed by atoms with van der Waals surface area (Å²) < 4.78 is 12.4. The molecule has 0 spiro atoms. The first-order valence-corrected chi connectivity index (χ1v) is 10.6. The summed E-state index contributed by atoms with van der Waals surface area (Å²) in [4.78, 5) is 31.1. The molecular weight excluding hydrogens is 436 g/mol. The SMILES string of the molecule is COC(=O)C1=C(C)N=c2s/c(=C\c3ccccc3OC)c(=O)n2[C@H]1c1ccc(Cl)cc1. The van der Waals surface area contributed by atoms with E-state index in [0.29, 0.717) is 31.4 Å². The number of hydrogen-bond acceptors (Lipinski definition) is 6. The summed E-state index contributed by atoms with van der Waals surface area (Å²) in [6.45, 7) is 1.74. The number of carbonyl (C=O) groups is 1. The number of fused-ring (bicyclic) bond motifs is 1. The first-order chi connectivity index (χ1) is 14.9. The van der Waals surface area contributed by atoms with Crippen LogP contribution in [0, 0.1) is 0 Å². The van der Waals surface area contributed by atoms with Gasteiger partial charge in [0.25, 0.3) is 5.56 Å². The van der Waals surface area contributed by atoms with Crippen molar-refractivity contribution in [1.29, 1.82) is 0 Å². The van der Waals surface area contributed by atoms with Gasteiger partial charge in [-0.3, -0.25) is 9.36 Å². The molecule has 0 aliphatic carbocycles. The van der Waals surface area contributed by atoms with Crippen molar-refractivity contribution in [3.8, 4) is 5.75 Å². The van der Waals surface area contributed by atoms with E-state index in [0.717, 1.165) is 11.1 Å². The monoisotopic (exact) mass is 454 g/mol. The van der Waals surface area contributed by atoms with Crippen molar-refractivity contribution >= 4 is 35.0 Å². The molecule has 6 nitrogen and oxygen atoms in total. The van der Waals surface area contributed by atoms with Crippen molar-refractivity contribution in [2.24, 2.45) is 4.99 Å². The average molecular weight is 455 g/mol. The molecule has 2 aromatic carbocycles. The summed E-state index contributed by atoms with van der Waals surface area (Å²) in [7, 11) is 2.90. The van der Waals surface area contributed by atoms with Gasteiger partial charge in [-0.25, -0.2) is 9.79 Å². The third kappa shape index (κ3) is 3.82. The standard InChI is InChI=1S/C23H19ClN2O4S/c1-13-19(22(28)30-3)20(14-8-10-16(24)11-9-14)26-21(27)18(31-23(26)25-13)12-15-6-4-5-7-17(15)29-2/h4-12,20H,1-3H3/b18-12-/t20-/m0/s1. The van der Waals surface area contributed by atoms with Crippen LogP contribution in [-0.2, 0) is 9.53 Å². The summed E-state index contributed by atoms with van der Waals surface area (Å²) in [5, 5.41) is 0.563. The van der Waals surface area contributed by atoms with E-state index in [1.807, 2.05) is 24.3 Å². The molecule has 0 amide bonds. The number of hydrogen-bond donors (Lipinski definition) is 0. The fraction of sp³-hybridized carbons (Fsp3) is 0.174. The molecule has 0 N–H and O–H groups in total. The van der Waals surface area contributed by atoms with Crippen molar-refractivity contribution < 1.29 is 14.3 Å². The summed E-state index contributed by atoms with van der Waals surface area (Å²) in [6.07, 6.45) is 1.78. The van der Waals surface area contributed by atoms with Crippen LogP contribution < -0.4 is 19.6 Å². The third-order valence-electron chi connectivity index (χ3n) is 5.04. The van der Waals surface area contributed by atoms with E-state index in [4.69, 9.17) is 21.1 Å². The number of para-hydroxylation sites is 1. The van der Waals surface area contributed by atoms with Crippen LogP contribution in [0.3, 0.4) is 0 Å². The van der Waals surface area contributed by atoms with Gasteiger partial charge in [0.1, 0.15) is 5.75 Å². The lowest BCUT2D eigenvalue weighted by atomic mass is 9.96. The normalized spacial score (nSPS) is 16.0. The predicted molar refractivity (Wildman–Crippen MR) is 120 cm³/mol. The second-order valence-corrected chi connectivity index (χ2v) is 8.31. The smallest absolute Gasteiger partial charge is 0.338 e. The molecule has 1 atom stereocenters. The molecule has 0 saturated carbocycles. The quantitative estimate of drug-likeness (QED) is 0.568. The van der Waals surface area contributed by atoms with Gasteiger partial charge in [-0.05, 0) is 36.8 Å². The van der Waals surface area contributed by atoms with Crippen molar-refractivity contribution in [2.75, 3.05) is 14.2 Å². The Morgan fingerprint density at radius 1 is 1.16 bits per heavy atom. The van der Waals surface area contributed by atoms with E-state index in [-0.39, 0.29) is 5.56 Å². The first-order valence-electron chi connectivity index (χ1n) is 9.44. The van der Waals surface area contributed by atoms with E-state index in [1.165, 1.54) is 23.0 Å². The Balaban J connectivity index is 1.98. The zero-order valence-corrected chi connectivity index (χ0v) is 18.7. The van der Waals surface area contributed by atoms with Crippen molar-refractivity contribution in [3.63, 3.8) is 0 Å². The van der Waals surface area contributed by atoms with E-state index < -0.39 is 12.0 Å². The zero-order chi connectivity index (χ0) is 22.1. The van der Waals surface area contributed by atoms with Crippen LogP contribution in [0.25, 0.3) is 6.08 Å². The van der Waals surface area contributed by atoms with Gasteiger partial charge in [0.2, 0.25) is 0 Å². The van der Waals surface area contributed by atoms with Crippen molar-refractivity contribution in [3.05, 3.63) is 95.6 Å². The molecule has 0 unspecified atom stereocenters. The van der Waals surface area contributed by atoms with Crippen LogP contribution in [0.5, 0.6) is 5.75 Å². The number of aromatic nitrogens is 1. The summed E-state index contributed by atoms with van der Waals surface area (Å²) in [5.41, 5.74) is 2.10. The first kappa shape index (κ1) is 21.1. The van der Waals surface area contributed by atoms with Gasteiger partial charge < -0.3 is 9.47 Å². The Kier molecular flexibility index (Phi) is 5.80. The second-order valence-electron chi connectivity index (χ2n) is 6.87. The summed E-state index contributed by atoms with van der Waals surface area (Å²) >= 11 is 7.32. The topological polar surface area (TPSA) is 69.9 Å². The maximum atomic E-state index is 13.5. The van der Waals surface area contributed by atoms with Gasteiger partial charge in [-0.1, -0.05) is 53.3 Å². The molecular formula is C23H19ClN2O4S. The summed E-state index contributed by atoms with van der Waals surface area (Å²) in [6, 6.07) is 13.8. The number of ether oxygens (including phenoxy) is 2. The number of esters is 1. The van der Waals surface area contributed by atoms with Crippen LogP contribution in [0.2, 0.25) is 5.02 Å². The van der Waals surface area contributed by atoms with Crippen LogP contribution in [0.1, 0.15) is 24.1 Å². The number of nitrogens with zero attached hydrogens (tertiary/aromatic N) is 2. The van der Waals surface area contributed by atoms with Crippen LogP contribution in [0.15, 0.2) is 69.6 Å². The molecule has 1 aliphatic heterocycles. The van der Waals surface area contributed by atoms with Gasteiger partial charge in [-0.15, -0.1) is 0 Å². The molecule has 1 aromatic heterocycles. The molecule has 1 aliphatic rings. The Morgan fingerprint density at radius 2 is 1.87 bits per heavy atom. The van der Waals surface area contributed by atoms with Gasteiger partial charge in [-0.2, -0.15) is 0 Å². The lowest BCUT2D eigenvalue weighted by molar-refractivity contribution is -0.136. The van der Waals surface area contributed by atoms with Crippen LogP contribution >= 0.6 is 22.9 Å². The van der Waals surface area contributed by atoms with Gasteiger partial charge in [0.15, 0.2) is 4.80 Å².